The van der Waals surface area contributed by atoms with Crippen LogP contribution in [-0.4, -0.2) is 82.8 Å². The summed E-state index contributed by atoms with van der Waals surface area (Å²) in [5.41, 5.74) is -1.26. The number of ether oxygens (including phenoxy) is 2. The van der Waals surface area contributed by atoms with Gasteiger partial charge in [-0.2, -0.15) is 0 Å². The molecular formula is C24H34N2O6. The quantitative estimate of drug-likeness (QED) is 0.360. The average molecular weight is 447 g/mol. The van der Waals surface area contributed by atoms with Gasteiger partial charge in [0.15, 0.2) is 0 Å². The fourth-order valence-electron chi connectivity index (χ4n) is 5.69. The molecule has 2 fully saturated rings. The maximum absolute atomic E-state index is 13.9. The van der Waals surface area contributed by atoms with Gasteiger partial charge in [-0.3, -0.25) is 14.4 Å². The first-order valence-corrected chi connectivity index (χ1v) is 11.8. The van der Waals surface area contributed by atoms with E-state index >= 15 is 0 Å². The fraction of sp³-hybridized carbons (Fsp3) is 0.708. The summed E-state index contributed by atoms with van der Waals surface area (Å²) in [4.78, 5) is 43.9. The van der Waals surface area contributed by atoms with Gasteiger partial charge in [0.2, 0.25) is 11.8 Å². The summed E-state index contributed by atoms with van der Waals surface area (Å²) in [5, 5.41) is 10.2. The van der Waals surface area contributed by atoms with Crippen LogP contribution in [0, 0.1) is 17.8 Å². The van der Waals surface area contributed by atoms with Gasteiger partial charge in [0.25, 0.3) is 0 Å². The van der Waals surface area contributed by atoms with E-state index in [1.54, 1.807) is 17.1 Å². The lowest BCUT2D eigenvalue weighted by Crippen LogP contribution is -2.59. The zero-order valence-electron chi connectivity index (χ0n) is 19.1. The summed E-state index contributed by atoms with van der Waals surface area (Å²) >= 11 is 0. The standard InChI is InChI=1S/C24H34N2O6/c1-4-5-6-11-25-12-8-10-24-19(18-17(32-24)9-7-13-31-23(18)30)21(28)26(20(24)22(25)29)16(14-27)15(2)3/h7-10,15-20,27H,4-6,11-14H2,1-3H3/t16-,17-,18+,19-,20?,24-/m0/s1. The predicted molar refractivity (Wildman–Crippen MR) is 116 cm³/mol. The number of unbranched alkanes of at least 4 members (excludes halogenated alkanes) is 2. The number of carbonyl (C=O) groups excluding carboxylic acids is 3. The highest BCUT2D eigenvalue weighted by atomic mass is 16.6. The van der Waals surface area contributed by atoms with Gasteiger partial charge in [0, 0.05) is 13.1 Å². The fourth-order valence-corrected chi connectivity index (χ4v) is 5.69. The van der Waals surface area contributed by atoms with Gasteiger partial charge in [-0.05, 0) is 18.4 Å². The Hall–Kier alpha value is -2.19. The molecule has 1 spiro atoms. The minimum Gasteiger partial charge on any atom is -0.461 e. The molecule has 1 N–H and O–H groups in total. The lowest BCUT2D eigenvalue weighted by atomic mass is 9.78. The number of fused-ring (bicyclic) bond motifs is 2. The lowest BCUT2D eigenvalue weighted by Gasteiger charge is -2.39. The molecule has 0 bridgehead atoms. The van der Waals surface area contributed by atoms with Crippen LogP contribution >= 0.6 is 0 Å². The number of hydrogen-bond acceptors (Lipinski definition) is 6. The van der Waals surface area contributed by atoms with Crippen molar-refractivity contribution >= 4 is 17.8 Å². The smallest absolute Gasteiger partial charge is 0.313 e. The van der Waals surface area contributed by atoms with Crippen molar-refractivity contribution in [3.05, 3.63) is 24.3 Å². The zero-order valence-corrected chi connectivity index (χ0v) is 19.1. The van der Waals surface area contributed by atoms with E-state index in [0.29, 0.717) is 13.1 Å². The van der Waals surface area contributed by atoms with Crippen LogP contribution in [0.15, 0.2) is 24.3 Å². The van der Waals surface area contributed by atoms with Crippen LogP contribution in [-0.2, 0) is 23.9 Å². The Labute approximate surface area is 189 Å². The van der Waals surface area contributed by atoms with E-state index in [1.807, 2.05) is 26.0 Å². The van der Waals surface area contributed by atoms with Crippen molar-refractivity contribution in [3.8, 4) is 0 Å². The largest absolute Gasteiger partial charge is 0.461 e. The molecule has 0 aromatic heterocycles. The van der Waals surface area contributed by atoms with Crippen LogP contribution in [0.3, 0.4) is 0 Å². The van der Waals surface area contributed by atoms with E-state index in [2.05, 4.69) is 6.92 Å². The number of rotatable bonds is 7. The third-order valence-corrected chi connectivity index (χ3v) is 7.28. The molecule has 4 aliphatic heterocycles. The second-order valence-corrected chi connectivity index (χ2v) is 9.53. The summed E-state index contributed by atoms with van der Waals surface area (Å²) in [5.74, 6) is -2.75. The maximum atomic E-state index is 13.9. The van der Waals surface area contributed by atoms with Gasteiger partial charge < -0.3 is 24.4 Å². The number of likely N-dealkylation sites (tertiary alicyclic amines) is 1. The van der Waals surface area contributed by atoms with Crippen molar-refractivity contribution in [2.75, 3.05) is 26.3 Å². The first-order valence-electron chi connectivity index (χ1n) is 11.8. The number of hydrogen-bond donors (Lipinski definition) is 1. The van der Waals surface area contributed by atoms with Crippen LogP contribution in [0.5, 0.6) is 0 Å². The minimum atomic E-state index is -1.26. The summed E-state index contributed by atoms with van der Waals surface area (Å²) in [7, 11) is 0. The average Bonchev–Trinajstić information content (AvgIpc) is 3.05. The van der Waals surface area contributed by atoms with E-state index in [9.17, 15) is 19.5 Å². The first kappa shape index (κ1) is 23.0. The van der Waals surface area contributed by atoms with Gasteiger partial charge in [-0.25, -0.2) is 0 Å². The van der Waals surface area contributed by atoms with Crippen LogP contribution in [0.25, 0.3) is 0 Å². The second-order valence-electron chi connectivity index (χ2n) is 9.53. The number of cyclic esters (lactones) is 1. The van der Waals surface area contributed by atoms with Crippen LogP contribution < -0.4 is 0 Å². The Morgan fingerprint density at radius 3 is 2.66 bits per heavy atom. The molecule has 1 unspecified atom stereocenters. The summed E-state index contributed by atoms with van der Waals surface area (Å²) in [6.07, 6.45) is 9.50. The number of carbonyl (C=O) groups is 3. The van der Waals surface area contributed by atoms with Crippen LogP contribution in [0.1, 0.15) is 40.0 Å². The molecule has 6 atom stereocenters. The monoisotopic (exact) mass is 446 g/mol. The second kappa shape index (κ2) is 8.98. The Balaban J connectivity index is 1.80. The number of aliphatic hydroxyl groups excluding tert-OH is 1. The molecule has 4 rings (SSSR count). The van der Waals surface area contributed by atoms with Gasteiger partial charge >= 0.3 is 5.97 Å². The normalized spacial score (nSPS) is 34.8. The summed E-state index contributed by atoms with van der Waals surface area (Å²) < 4.78 is 11.8. The Morgan fingerprint density at radius 2 is 1.97 bits per heavy atom. The van der Waals surface area contributed by atoms with Crippen molar-refractivity contribution in [2.24, 2.45) is 17.8 Å². The molecule has 4 aliphatic rings. The SMILES string of the molecule is CCCCCN1CC=C[C@]23O[C@H]4C=CCOC(=O)[C@H]4[C@H]2C(=O)N([C@@H](CO)C(C)C)C3C1=O. The van der Waals surface area contributed by atoms with Crippen LogP contribution in [0.2, 0.25) is 0 Å². The molecule has 0 aromatic carbocycles. The minimum absolute atomic E-state index is 0.0785. The van der Waals surface area contributed by atoms with Crippen molar-refractivity contribution < 1.29 is 29.0 Å². The van der Waals surface area contributed by atoms with E-state index in [0.717, 1.165) is 19.3 Å². The third kappa shape index (κ3) is 3.48. The molecule has 32 heavy (non-hydrogen) atoms. The van der Waals surface area contributed by atoms with Gasteiger partial charge in [0.05, 0.1) is 24.7 Å². The Bertz CT molecular complexity index is 823. The van der Waals surface area contributed by atoms with Gasteiger partial charge in [-0.1, -0.05) is 51.8 Å². The molecule has 0 saturated carbocycles. The molecule has 8 heteroatoms. The molecule has 0 radical (unpaired) electrons. The molecular weight excluding hydrogens is 412 g/mol. The van der Waals surface area contributed by atoms with E-state index < -0.39 is 41.6 Å². The molecule has 8 nitrogen and oxygen atoms in total. The Kier molecular flexibility index (Phi) is 6.45. The summed E-state index contributed by atoms with van der Waals surface area (Å²) in [6.45, 7) is 6.83. The summed E-state index contributed by atoms with van der Waals surface area (Å²) in [6, 6.07) is -1.48. The van der Waals surface area contributed by atoms with E-state index in [1.165, 1.54) is 4.90 Å². The highest BCUT2D eigenvalue weighted by molar-refractivity contribution is 5.99. The molecule has 4 heterocycles. The molecule has 176 valence electrons. The third-order valence-electron chi connectivity index (χ3n) is 7.28. The molecule has 2 saturated heterocycles. The topological polar surface area (TPSA) is 96.4 Å². The van der Waals surface area contributed by atoms with Crippen molar-refractivity contribution in [3.63, 3.8) is 0 Å². The van der Waals surface area contributed by atoms with E-state index in [4.69, 9.17) is 9.47 Å². The number of aliphatic hydroxyl groups is 1. The lowest BCUT2D eigenvalue weighted by molar-refractivity contribution is -0.155. The predicted octanol–water partition coefficient (Wildman–Crippen LogP) is 1.29. The van der Waals surface area contributed by atoms with E-state index in [-0.39, 0.29) is 30.9 Å². The number of amides is 2. The highest BCUT2D eigenvalue weighted by Gasteiger charge is 2.72. The zero-order chi connectivity index (χ0) is 23.0. The van der Waals surface area contributed by atoms with Gasteiger partial charge in [0.1, 0.15) is 24.2 Å². The van der Waals surface area contributed by atoms with Crippen molar-refractivity contribution in [2.45, 2.75) is 63.8 Å². The Morgan fingerprint density at radius 1 is 1.19 bits per heavy atom. The first-order chi connectivity index (χ1) is 15.4. The number of esters is 1. The highest BCUT2D eigenvalue weighted by Crippen LogP contribution is 2.54. The van der Waals surface area contributed by atoms with Crippen molar-refractivity contribution in [1.82, 2.24) is 9.80 Å². The molecule has 0 aliphatic carbocycles. The van der Waals surface area contributed by atoms with Gasteiger partial charge in [-0.15, -0.1) is 0 Å². The maximum Gasteiger partial charge on any atom is 0.313 e. The molecule has 0 aromatic rings. The van der Waals surface area contributed by atoms with Crippen molar-refractivity contribution in [1.29, 1.82) is 0 Å². The van der Waals surface area contributed by atoms with Crippen LogP contribution in [0.4, 0.5) is 0 Å². The number of nitrogens with zero attached hydrogens (tertiary/aromatic N) is 2. The molecule has 2 amide bonds.